The van der Waals surface area contributed by atoms with Crippen LogP contribution >= 0.6 is 12.6 Å². The standard InChI is InChI=1S/C7H8O.C6H12N2OS.CH2O/c8-6-7-4-2-1-3-5-7;1-8-3-4(10)2-5(8)6(7)9;1-2/h1-5,8H,6H2;4-5,10H,2-3H2,1H3,(H2,7,9);1H2/t;4?,5-;/m.0./s1. The van der Waals surface area contributed by atoms with E-state index in [4.69, 9.17) is 15.6 Å². The van der Waals surface area contributed by atoms with Gasteiger partial charge < -0.3 is 15.6 Å². The molecule has 1 unspecified atom stereocenters. The number of likely N-dealkylation sites (tertiary alicyclic amines) is 1. The Labute approximate surface area is 125 Å². The van der Waals surface area contributed by atoms with E-state index in [-0.39, 0.29) is 18.6 Å². The number of likely N-dealkylation sites (N-methyl/N-ethyl adjacent to an activating group) is 1. The quantitative estimate of drug-likeness (QED) is 0.693. The van der Waals surface area contributed by atoms with Crippen LogP contribution in [0.3, 0.4) is 0 Å². The molecular weight excluding hydrogens is 276 g/mol. The summed E-state index contributed by atoms with van der Waals surface area (Å²) in [7, 11) is 1.89. The summed E-state index contributed by atoms with van der Waals surface area (Å²) in [6.45, 7) is 3.00. The first-order chi connectivity index (χ1) is 9.54. The monoisotopic (exact) mass is 298 g/mol. The van der Waals surface area contributed by atoms with Crippen LogP contribution in [-0.2, 0) is 16.2 Å². The molecule has 1 fully saturated rings. The van der Waals surface area contributed by atoms with Crippen molar-refractivity contribution >= 4 is 25.3 Å². The molecule has 0 bridgehead atoms. The Morgan fingerprint density at radius 2 is 2.00 bits per heavy atom. The van der Waals surface area contributed by atoms with Crippen molar-refractivity contribution in [3.63, 3.8) is 0 Å². The largest absolute Gasteiger partial charge is 0.392 e. The molecule has 1 saturated heterocycles. The van der Waals surface area contributed by atoms with Gasteiger partial charge in [0.15, 0.2) is 0 Å². The lowest BCUT2D eigenvalue weighted by molar-refractivity contribution is -0.121. The van der Waals surface area contributed by atoms with Gasteiger partial charge in [-0.2, -0.15) is 12.6 Å². The average molecular weight is 298 g/mol. The van der Waals surface area contributed by atoms with Gasteiger partial charge in [0.2, 0.25) is 5.91 Å². The Morgan fingerprint density at radius 3 is 2.25 bits per heavy atom. The first-order valence-electron chi connectivity index (χ1n) is 6.16. The fraction of sp³-hybridized carbons (Fsp3) is 0.429. The molecular formula is C14H22N2O3S. The maximum Gasteiger partial charge on any atom is 0.234 e. The van der Waals surface area contributed by atoms with Gasteiger partial charge in [0.25, 0.3) is 0 Å². The molecule has 112 valence electrons. The number of hydrogen-bond donors (Lipinski definition) is 3. The Bertz CT molecular complexity index is 389. The topological polar surface area (TPSA) is 83.6 Å². The van der Waals surface area contributed by atoms with E-state index in [2.05, 4.69) is 12.6 Å². The van der Waals surface area contributed by atoms with Crippen LogP contribution in [0.2, 0.25) is 0 Å². The van der Waals surface area contributed by atoms with Crippen molar-refractivity contribution in [2.24, 2.45) is 5.73 Å². The highest BCUT2D eigenvalue weighted by Gasteiger charge is 2.30. The minimum atomic E-state index is -0.237. The van der Waals surface area contributed by atoms with Gasteiger partial charge in [-0.15, -0.1) is 0 Å². The van der Waals surface area contributed by atoms with E-state index in [9.17, 15) is 4.79 Å². The van der Waals surface area contributed by atoms with Gasteiger partial charge in [-0.1, -0.05) is 30.3 Å². The highest BCUT2D eigenvalue weighted by molar-refractivity contribution is 7.81. The van der Waals surface area contributed by atoms with Crippen LogP contribution in [0, 0.1) is 0 Å². The molecule has 1 heterocycles. The zero-order valence-electron chi connectivity index (χ0n) is 11.6. The highest BCUT2D eigenvalue weighted by atomic mass is 32.1. The first-order valence-corrected chi connectivity index (χ1v) is 6.67. The van der Waals surface area contributed by atoms with Gasteiger partial charge in [0.1, 0.15) is 6.79 Å². The van der Waals surface area contributed by atoms with Gasteiger partial charge >= 0.3 is 0 Å². The Morgan fingerprint density at radius 1 is 1.45 bits per heavy atom. The van der Waals surface area contributed by atoms with Crippen molar-refractivity contribution in [3.8, 4) is 0 Å². The SMILES string of the molecule is C=O.CN1CC(S)C[C@H]1C(N)=O.OCc1ccccc1. The number of rotatable bonds is 2. The van der Waals surface area contributed by atoms with Crippen LogP contribution in [0.15, 0.2) is 30.3 Å². The Hall–Kier alpha value is -1.37. The van der Waals surface area contributed by atoms with Crippen molar-refractivity contribution in [1.29, 1.82) is 0 Å². The van der Waals surface area contributed by atoms with E-state index in [1.54, 1.807) is 0 Å². The average Bonchev–Trinajstić information content (AvgIpc) is 2.82. The minimum Gasteiger partial charge on any atom is -0.392 e. The first kappa shape index (κ1) is 18.6. The predicted octanol–water partition coefficient (Wildman–Crippen LogP) is 0.468. The molecule has 2 atom stereocenters. The molecule has 1 aliphatic rings. The number of aliphatic hydroxyl groups is 1. The lowest BCUT2D eigenvalue weighted by Crippen LogP contribution is -2.37. The second-order valence-corrected chi connectivity index (χ2v) is 5.12. The van der Waals surface area contributed by atoms with Crippen molar-refractivity contribution in [2.45, 2.75) is 24.3 Å². The van der Waals surface area contributed by atoms with E-state index < -0.39 is 0 Å². The maximum absolute atomic E-state index is 10.7. The van der Waals surface area contributed by atoms with Crippen LogP contribution in [0.5, 0.6) is 0 Å². The second kappa shape index (κ2) is 10.4. The second-order valence-electron chi connectivity index (χ2n) is 4.39. The molecule has 2 rings (SSSR count). The molecule has 20 heavy (non-hydrogen) atoms. The molecule has 0 aromatic heterocycles. The van der Waals surface area contributed by atoms with Gasteiger partial charge in [-0.25, -0.2) is 0 Å². The number of hydrogen-bond acceptors (Lipinski definition) is 5. The number of carbonyl (C=O) groups is 2. The molecule has 0 aliphatic carbocycles. The maximum atomic E-state index is 10.7. The Balaban J connectivity index is 0.000000327. The van der Waals surface area contributed by atoms with Crippen molar-refractivity contribution in [1.82, 2.24) is 4.90 Å². The molecule has 0 radical (unpaired) electrons. The normalized spacial score (nSPS) is 21.1. The molecule has 1 aromatic carbocycles. The van der Waals surface area contributed by atoms with E-state index in [0.29, 0.717) is 5.25 Å². The summed E-state index contributed by atoms with van der Waals surface area (Å²) in [4.78, 5) is 20.6. The molecule has 0 saturated carbocycles. The predicted molar refractivity (Wildman–Crippen MR) is 82.5 cm³/mol. The zero-order chi connectivity index (χ0) is 15.5. The number of thiol groups is 1. The lowest BCUT2D eigenvalue weighted by Gasteiger charge is -2.14. The minimum absolute atomic E-state index is 0.0949. The van der Waals surface area contributed by atoms with Gasteiger partial charge in [-0.3, -0.25) is 9.69 Å². The fourth-order valence-corrected chi connectivity index (χ4v) is 2.35. The van der Waals surface area contributed by atoms with E-state index >= 15 is 0 Å². The summed E-state index contributed by atoms with van der Waals surface area (Å²) in [6, 6.07) is 9.43. The molecule has 5 nitrogen and oxygen atoms in total. The molecule has 1 amide bonds. The number of aliphatic hydroxyl groups excluding tert-OH is 1. The molecule has 1 aromatic rings. The highest BCUT2D eigenvalue weighted by Crippen LogP contribution is 2.19. The summed E-state index contributed by atoms with van der Waals surface area (Å²) in [5.74, 6) is -0.237. The van der Waals surface area contributed by atoms with E-state index in [1.807, 2.05) is 49.1 Å². The van der Waals surface area contributed by atoms with Crippen molar-refractivity contribution in [2.75, 3.05) is 13.6 Å². The van der Waals surface area contributed by atoms with Crippen molar-refractivity contribution < 1.29 is 14.7 Å². The fourth-order valence-electron chi connectivity index (χ4n) is 1.89. The summed E-state index contributed by atoms with van der Waals surface area (Å²) in [5, 5.41) is 8.85. The van der Waals surface area contributed by atoms with Crippen LogP contribution in [-0.4, -0.2) is 47.6 Å². The van der Waals surface area contributed by atoms with Gasteiger partial charge in [0.05, 0.1) is 12.6 Å². The van der Waals surface area contributed by atoms with E-state index in [0.717, 1.165) is 18.5 Å². The number of nitrogens with two attached hydrogens (primary N) is 1. The summed E-state index contributed by atoms with van der Waals surface area (Å²) in [6.07, 6.45) is 0.787. The number of nitrogens with zero attached hydrogens (tertiary/aromatic N) is 1. The lowest BCUT2D eigenvalue weighted by atomic mass is 10.2. The van der Waals surface area contributed by atoms with Crippen molar-refractivity contribution in [3.05, 3.63) is 35.9 Å². The third-order valence-corrected chi connectivity index (χ3v) is 3.25. The Kier molecular flexibility index (Phi) is 9.71. The molecule has 0 spiro atoms. The van der Waals surface area contributed by atoms with Gasteiger partial charge in [0, 0.05) is 11.8 Å². The summed E-state index contributed by atoms with van der Waals surface area (Å²) in [5.41, 5.74) is 6.10. The van der Waals surface area contributed by atoms with Gasteiger partial charge in [-0.05, 0) is 19.0 Å². The third kappa shape index (κ3) is 6.70. The van der Waals surface area contributed by atoms with Crippen LogP contribution in [0.4, 0.5) is 0 Å². The van der Waals surface area contributed by atoms with Crippen LogP contribution in [0.25, 0.3) is 0 Å². The number of benzene rings is 1. The van der Waals surface area contributed by atoms with Crippen LogP contribution in [0.1, 0.15) is 12.0 Å². The smallest absolute Gasteiger partial charge is 0.234 e. The third-order valence-electron chi connectivity index (χ3n) is 2.88. The van der Waals surface area contributed by atoms with Crippen LogP contribution < -0.4 is 5.73 Å². The van der Waals surface area contributed by atoms with E-state index in [1.165, 1.54) is 0 Å². The summed E-state index contributed by atoms with van der Waals surface area (Å²) >= 11 is 4.26. The molecule has 6 heteroatoms. The molecule has 3 N–H and O–H groups in total. The summed E-state index contributed by atoms with van der Waals surface area (Å²) < 4.78 is 0. The zero-order valence-corrected chi connectivity index (χ0v) is 12.5. The number of amides is 1. The molecule has 1 aliphatic heterocycles. The number of carbonyl (C=O) groups excluding carboxylic acids is 2. The number of primary amides is 1.